The summed E-state index contributed by atoms with van der Waals surface area (Å²) in [4.78, 5) is 6.98. The standard InChI is InChI=1S/C22H24FN3O/c23-17-7-5-15(6-8-17)21-19-4-2-1-3-14(19)9-10-26(21)22-25-13-20(27-22)16-11-18(24)12-16/h1-8,16,18,20-21H,9-13,24H2/t16?,18?,20-,21+/m1/s1. The van der Waals surface area contributed by atoms with E-state index < -0.39 is 0 Å². The van der Waals surface area contributed by atoms with Crippen LogP contribution in [0, 0.1) is 11.7 Å². The number of ether oxygens (including phenoxy) is 1. The van der Waals surface area contributed by atoms with Crippen LogP contribution in [0.3, 0.4) is 0 Å². The molecule has 27 heavy (non-hydrogen) atoms. The maximum absolute atomic E-state index is 13.5. The highest BCUT2D eigenvalue weighted by Gasteiger charge is 2.40. The van der Waals surface area contributed by atoms with Gasteiger partial charge in [0.15, 0.2) is 0 Å². The molecule has 0 saturated heterocycles. The van der Waals surface area contributed by atoms with E-state index in [0.717, 1.165) is 37.4 Å². The summed E-state index contributed by atoms with van der Waals surface area (Å²) < 4.78 is 19.8. The number of aliphatic imine (C=N–C) groups is 1. The van der Waals surface area contributed by atoms with Gasteiger partial charge in [-0.05, 0) is 48.1 Å². The molecular weight excluding hydrogens is 341 g/mol. The molecule has 0 aromatic heterocycles. The lowest BCUT2D eigenvalue weighted by atomic mass is 9.77. The lowest BCUT2D eigenvalue weighted by Gasteiger charge is -2.40. The van der Waals surface area contributed by atoms with E-state index in [1.54, 1.807) is 0 Å². The third-order valence-corrected chi connectivity index (χ3v) is 6.11. The Hall–Kier alpha value is -2.40. The predicted octanol–water partition coefficient (Wildman–Crippen LogP) is 3.27. The zero-order valence-corrected chi connectivity index (χ0v) is 15.2. The average molecular weight is 365 g/mol. The first-order valence-corrected chi connectivity index (χ1v) is 9.75. The Morgan fingerprint density at radius 2 is 1.85 bits per heavy atom. The fraction of sp³-hybridized carbons (Fsp3) is 0.409. The number of halogens is 1. The van der Waals surface area contributed by atoms with Crippen molar-refractivity contribution >= 4 is 6.02 Å². The molecule has 0 spiro atoms. The number of fused-ring (bicyclic) bond motifs is 1. The highest BCUT2D eigenvalue weighted by atomic mass is 19.1. The van der Waals surface area contributed by atoms with Crippen LogP contribution in [-0.4, -0.2) is 36.2 Å². The van der Waals surface area contributed by atoms with E-state index in [0.29, 0.717) is 18.5 Å². The van der Waals surface area contributed by atoms with Crippen LogP contribution in [-0.2, 0) is 11.2 Å². The van der Waals surface area contributed by atoms with Crippen LogP contribution >= 0.6 is 0 Å². The van der Waals surface area contributed by atoms with Crippen LogP contribution in [0.25, 0.3) is 0 Å². The lowest BCUT2D eigenvalue weighted by molar-refractivity contribution is 0.0668. The fourth-order valence-corrected chi connectivity index (χ4v) is 4.57. The number of nitrogens with zero attached hydrogens (tertiary/aromatic N) is 2. The Kier molecular flexibility index (Phi) is 4.12. The average Bonchev–Trinajstić information content (AvgIpc) is 3.15. The van der Waals surface area contributed by atoms with Crippen molar-refractivity contribution in [3.63, 3.8) is 0 Å². The van der Waals surface area contributed by atoms with Gasteiger partial charge in [0.25, 0.3) is 6.02 Å². The van der Waals surface area contributed by atoms with Crippen LogP contribution < -0.4 is 5.73 Å². The SMILES string of the molecule is NC1CC([C@H]2CN=C(N3CCc4ccccc4[C@@H]3c3ccc(F)cc3)O2)C1. The molecule has 2 aliphatic heterocycles. The quantitative estimate of drug-likeness (QED) is 0.889. The van der Waals surface area contributed by atoms with Crippen molar-refractivity contribution in [2.24, 2.45) is 16.6 Å². The second-order valence-corrected chi connectivity index (χ2v) is 7.87. The van der Waals surface area contributed by atoms with E-state index >= 15 is 0 Å². The van der Waals surface area contributed by atoms with Gasteiger partial charge >= 0.3 is 0 Å². The molecule has 5 rings (SSSR count). The molecule has 0 bridgehead atoms. The molecule has 2 aromatic carbocycles. The van der Waals surface area contributed by atoms with Crippen molar-refractivity contribution in [2.75, 3.05) is 13.1 Å². The van der Waals surface area contributed by atoms with Gasteiger partial charge in [0.05, 0.1) is 12.6 Å². The number of hydrogen-bond acceptors (Lipinski definition) is 4. The van der Waals surface area contributed by atoms with Gasteiger partial charge < -0.3 is 15.4 Å². The molecule has 3 aliphatic rings. The largest absolute Gasteiger partial charge is 0.460 e. The third kappa shape index (κ3) is 3.00. The second kappa shape index (κ2) is 6.64. The predicted molar refractivity (Wildman–Crippen MR) is 103 cm³/mol. The van der Waals surface area contributed by atoms with Gasteiger partial charge in [-0.1, -0.05) is 36.4 Å². The normalized spacial score (nSPS) is 29.6. The van der Waals surface area contributed by atoms with E-state index in [2.05, 4.69) is 29.2 Å². The maximum Gasteiger partial charge on any atom is 0.288 e. The minimum absolute atomic E-state index is 0.00306. The van der Waals surface area contributed by atoms with E-state index in [1.165, 1.54) is 23.3 Å². The Labute approximate surface area is 158 Å². The molecule has 2 aromatic rings. The summed E-state index contributed by atoms with van der Waals surface area (Å²) in [7, 11) is 0. The van der Waals surface area contributed by atoms with Crippen LogP contribution in [0.15, 0.2) is 53.5 Å². The molecule has 0 radical (unpaired) electrons. The van der Waals surface area contributed by atoms with Crippen LogP contribution in [0.2, 0.25) is 0 Å². The topological polar surface area (TPSA) is 50.8 Å². The molecule has 1 aliphatic carbocycles. The Bertz CT molecular complexity index is 860. The van der Waals surface area contributed by atoms with Gasteiger partial charge in [0.1, 0.15) is 11.9 Å². The van der Waals surface area contributed by atoms with Crippen molar-refractivity contribution in [2.45, 2.75) is 37.5 Å². The Morgan fingerprint density at radius 1 is 1.07 bits per heavy atom. The highest BCUT2D eigenvalue weighted by Crippen LogP contribution is 2.38. The van der Waals surface area contributed by atoms with Gasteiger partial charge in [0, 0.05) is 18.5 Å². The zero-order valence-electron chi connectivity index (χ0n) is 15.2. The van der Waals surface area contributed by atoms with Gasteiger partial charge in [-0.15, -0.1) is 0 Å². The first-order valence-electron chi connectivity index (χ1n) is 9.75. The smallest absolute Gasteiger partial charge is 0.288 e. The Balaban J connectivity index is 1.45. The Morgan fingerprint density at radius 3 is 2.63 bits per heavy atom. The molecule has 4 nitrogen and oxygen atoms in total. The molecule has 2 N–H and O–H groups in total. The van der Waals surface area contributed by atoms with Crippen LogP contribution in [0.5, 0.6) is 0 Å². The minimum Gasteiger partial charge on any atom is -0.460 e. The summed E-state index contributed by atoms with van der Waals surface area (Å²) >= 11 is 0. The summed E-state index contributed by atoms with van der Waals surface area (Å²) in [5.41, 5.74) is 9.58. The zero-order chi connectivity index (χ0) is 18.4. The van der Waals surface area contributed by atoms with Gasteiger partial charge in [0.2, 0.25) is 0 Å². The number of amidine groups is 1. The van der Waals surface area contributed by atoms with Crippen molar-refractivity contribution in [3.05, 3.63) is 71.0 Å². The van der Waals surface area contributed by atoms with E-state index in [4.69, 9.17) is 15.5 Å². The number of hydrogen-bond donors (Lipinski definition) is 1. The fourth-order valence-electron chi connectivity index (χ4n) is 4.57. The molecule has 1 saturated carbocycles. The minimum atomic E-state index is -0.217. The molecule has 2 heterocycles. The third-order valence-electron chi connectivity index (χ3n) is 6.11. The number of nitrogens with two attached hydrogens (primary N) is 1. The molecule has 0 unspecified atom stereocenters. The molecule has 2 atom stereocenters. The van der Waals surface area contributed by atoms with Crippen molar-refractivity contribution in [1.29, 1.82) is 0 Å². The first-order chi connectivity index (χ1) is 13.2. The van der Waals surface area contributed by atoms with Crippen molar-refractivity contribution in [3.8, 4) is 0 Å². The summed E-state index contributed by atoms with van der Waals surface area (Å²) in [6, 6.07) is 16.3. The summed E-state index contributed by atoms with van der Waals surface area (Å²) in [6.07, 6.45) is 3.15. The van der Waals surface area contributed by atoms with Crippen LogP contribution in [0.1, 0.15) is 35.6 Å². The molecule has 0 amide bonds. The lowest BCUT2D eigenvalue weighted by Crippen LogP contribution is -2.45. The van der Waals surface area contributed by atoms with Crippen molar-refractivity contribution in [1.82, 2.24) is 4.90 Å². The first kappa shape index (κ1) is 16.8. The maximum atomic E-state index is 13.5. The molecule has 1 fully saturated rings. The van der Waals surface area contributed by atoms with Crippen molar-refractivity contribution < 1.29 is 9.13 Å². The van der Waals surface area contributed by atoms with Gasteiger partial charge in [-0.25, -0.2) is 9.38 Å². The molecule has 140 valence electrons. The molecular formula is C22H24FN3O. The summed E-state index contributed by atoms with van der Waals surface area (Å²) in [5.74, 6) is 0.299. The van der Waals surface area contributed by atoms with Crippen LogP contribution in [0.4, 0.5) is 4.39 Å². The molecule has 5 heteroatoms. The summed E-state index contributed by atoms with van der Waals surface area (Å²) in [5, 5.41) is 0. The number of benzene rings is 2. The second-order valence-electron chi connectivity index (χ2n) is 7.87. The van der Waals surface area contributed by atoms with Gasteiger partial charge in [-0.3, -0.25) is 0 Å². The van der Waals surface area contributed by atoms with E-state index in [9.17, 15) is 4.39 Å². The van der Waals surface area contributed by atoms with E-state index in [1.807, 2.05) is 12.1 Å². The highest BCUT2D eigenvalue weighted by molar-refractivity contribution is 5.77. The van der Waals surface area contributed by atoms with Gasteiger partial charge in [-0.2, -0.15) is 0 Å². The van der Waals surface area contributed by atoms with E-state index in [-0.39, 0.29) is 18.0 Å². The summed E-state index contributed by atoms with van der Waals surface area (Å²) in [6.45, 7) is 1.55. The number of rotatable bonds is 2. The monoisotopic (exact) mass is 365 g/mol.